The summed E-state index contributed by atoms with van der Waals surface area (Å²) in [6.07, 6.45) is 1.48. The number of thiophene rings is 1. The molecule has 3 heterocycles. The first-order valence-electron chi connectivity index (χ1n) is 9.61. The van der Waals surface area contributed by atoms with E-state index in [4.69, 9.17) is 4.74 Å². The molecule has 9 heteroatoms. The van der Waals surface area contributed by atoms with Gasteiger partial charge in [-0.05, 0) is 38.1 Å². The van der Waals surface area contributed by atoms with E-state index in [0.717, 1.165) is 22.7 Å². The number of carbonyl (C=O) groups excluding carboxylic acids is 3. The third kappa shape index (κ3) is 5.02. The Labute approximate surface area is 178 Å². The average molecular weight is 436 g/mol. The van der Waals surface area contributed by atoms with Gasteiger partial charge in [-0.25, -0.2) is 4.98 Å². The smallest absolute Gasteiger partial charge is 0.310 e. The van der Waals surface area contributed by atoms with Gasteiger partial charge in [0.05, 0.1) is 29.6 Å². The van der Waals surface area contributed by atoms with E-state index < -0.39 is 0 Å². The molecule has 2 amide bonds. The van der Waals surface area contributed by atoms with Crippen LogP contribution in [0.15, 0.2) is 17.5 Å². The van der Waals surface area contributed by atoms with Gasteiger partial charge in [0.25, 0.3) is 5.91 Å². The van der Waals surface area contributed by atoms with Crippen molar-refractivity contribution >= 4 is 40.5 Å². The molecule has 3 rings (SSSR count). The molecule has 29 heavy (non-hydrogen) atoms. The van der Waals surface area contributed by atoms with E-state index in [1.165, 1.54) is 16.2 Å². The Balaban J connectivity index is 1.62. The molecule has 1 aliphatic heterocycles. The molecule has 7 nitrogen and oxygen atoms in total. The predicted molar refractivity (Wildman–Crippen MR) is 113 cm³/mol. The quantitative estimate of drug-likeness (QED) is 0.652. The number of ether oxygens (including phenoxy) is 1. The molecule has 0 aromatic carbocycles. The van der Waals surface area contributed by atoms with E-state index in [1.54, 1.807) is 30.2 Å². The zero-order valence-corrected chi connectivity index (χ0v) is 18.5. The number of nitrogens with zero attached hydrogens (tertiary/aromatic N) is 3. The van der Waals surface area contributed by atoms with Crippen molar-refractivity contribution < 1.29 is 19.1 Å². The minimum atomic E-state index is -0.286. The number of piperidine rings is 1. The number of esters is 1. The molecule has 1 aliphatic rings. The van der Waals surface area contributed by atoms with Gasteiger partial charge in [-0.3, -0.25) is 14.4 Å². The largest absolute Gasteiger partial charge is 0.466 e. The summed E-state index contributed by atoms with van der Waals surface area (Å²) in [4.78, 5) is 46.7. The van der Waals surface area contributed by atoms with Crippen molar-refractivity contribution in [1.29, 1.82) is 0 Å². The van der Waals surface area contributed by atoms with Crippen LogP contribution in [0.2, 0.25) is 0 Å². The Morgan fingerprint density at radius 3 is 2.86 bits per heavy atom. The lowest BCUT2D eigenvalue weighted by Gasteiger charge is -2.32. The van der Waals surface area contributed by atoms with Gasteiger partial charge >= 0.3 is 5.97 Å². The lowest BCUT2D eigenvalue weighted by Crippen LogP contribution is -2.47. The molecule has 0 spiro atoms. The number of amides is 2. The van der Waals surface area contributed by atoms with Crippen LogP contribution < -0.4 is 0 Å². The second-order valence-electron chi connectivity index (χ2n) is 7.00. The summed E-state index contributed by atoms with van der Waals surface area (Å²) in [5.74, 6) is -0.910. The van der Waals surface area contributed by atoms with Gasteiger partial charge in [-0.2, -0.15) is 0 Å². The summed E-state index contributed by atoms with van der Waals surface area (Å²) < 4.78 is 5.09. The van der Waals surface area contributed by atoms with Crippen LogP contribution in [0.4, 0.5) is 0 Å². The lowest BCUT2D eigenvalue weighted by atomic mass is 9.98. The van der Waals surface area contributed by atoms with Crippen LogP contribution in [0.3, 0.4) is 0 Å². The molecule has 2 aromatic rings. The van der Waals surface area contributed by atoms with E-state index in [-0.39, 0.29) is 30.2 Å². The molecule has 1 fully saturated rings. The van der Waals surface area contributed by atoms with Crippen molar-refractivity contribution in [2.24, 2.45) is 5.92 Å². The topological polar surface area (TPSA) is 79.8 Å². The maximum Gasteiger partial charge on any atom is 0.310 e. The number of carbonyl (C=O) groups is 3. The number of hydrogen-bond donors (Lipinski definition) is 0. The maximum absolute atomic E-state index is 12.9. The highest BCUT2D eigenvalue weighted by Gasteiger charge is 2.30. The lowest BCUT2D eigenvalue weighted by molar-refractivity contribution is -0.151. The highest BCUT2D eigenvalue weighted by atomic mass is 32.1. The predicted octanol–water partition coefficient (Wildman–Crippen LogP) is 3.05. The Morgan fingerprint density at radius 1 is 1.38 bits per heavy atom. The van der Waals surface area contributed by atoms with Crippen LogP contribution in [0.5, 0.6) is 0 Å². The minimum Gasteiger partial charge on any atom is -0.466 e. The molecule has 1 atom stereocenters. The number of aromatic nitrogens is 1. The molecule has 0 aliphatic carbocycles. The molecular formula is C20H25N3O4S2. The van der Waals surface area contributed by atoms with Crippen molar-refractivity contribution in [1.82, 2.24) is 14.8 Å². The number of hydrogen-bond acceptors (Lipinski definition) is 7. The van der Waals surface area contributed by atoms with E-state index in [1.807, 2.05) is 24.4 Å². The molecule has 0 bridgehead atoms. The third-order valence-electron chi connectivity index (χ3n) is 4.84. The summed E-state index contributed by atoms with van der Waals surface area (Å²) >= 11 is 2.93. The Hall–Kier alpha value is -2.26. The summed E-state index contributed by atoms with van der Waals surface area (Å²) in [6, 6.07) is 3.92. The fourth-order valence-corrected chi connectivity index (χ4v) is 5.16. The summed E-state index contributed by atoms with van der Waals surface area (Å²) in [7, 11) is 1.62. The maximum atomic E-state index is 12.9. The van der Waals surface area contributed by atoms with Gasteiger partial charge in [0.15, 0.2) is 0 Å². The van der Waals surface area contributed by atoms with Crippen molar-refractivity contribution in [3.05, 3.63) is 28.1 Å². The SMILES string of the molecule is CCOC(=O)C1CCCN(C(=O)CN(C)C(=O)c2sc(-c3cccs3)nc2C)C1. The van der Waals surface area contributed by atoms with Gasteiger partial charge in [0, 0.05) is 20.1 Å². The van der Waals surface area contributed by atoms with Crippen LogP contribution in [0, 0.1) is 12.8 Å². The van der Waals surface area contributed by atoms with Crippen molar-refractivity contribution in [3.8, 4) is 9.88 Å². The Morgan fingerprint density at radius 2 is 2.17 bits per heavy atom. The van der Waals surface area contributed by atoms with Crippen LogP contribution in [-0.4, -0.2) is 65.9 Å². The second-order valence-corrected chi connectivity index (χ2v) is 8.95. The molecular weight excluding hydrogens is 410 g/mol. The standard InChI is InChI=1S/C20H25N3O4S2/c1-4-27-20(26)14-7-5-9-23(11-14)16(24)12-22(3)19(25)17-13(2)21-18(29-17)15-8-6-10-28-15/h6,8,10,14H,4-5,7,9,11-12H2,1-3H3. The van der Waals surface area contributed by atoms with E-state index >= 15 is 0 Å². The zero-order chi connectivity index (χ0) is 21.0. The van der Waals surface area contributed by atoms with Crippen LogP contribution in [0.1, 0.15) is 35.1 Å². The van der Waals surface area contributed by atoms with E-state index in [0.29, 0.717) is 30.3 Å². The zero-order valence-electron chi connectivity index (χ0n) is 16.8. The molecule has 0 N–H and O–H groups in total. The van der Waals surface area contributed by atoms with E-state index in [9.17, 15) is 14.4 Å². The fourth-order valence-electron chi connectivity index (χ4n) is 3.30. The molecule has 156 valence electrons. The molecule has 1 saturated heterocycles. The number of likely N-dealkylation sites (N-methyl/N-ethyl adjacent to an activating group) is 1. The highest BCUT2D eigenvalue weighted by Crippen LogP contribution is 2.31. The number of rotatable bonds is 6. The Bertz CT molecular complexity index is 878. The first kappa shape index (κ1) is 21.4. The van der Waals surface area contributed by atoms with Gasteiger partial charge in [0.1, 0.15) is 9.88 Å². The number of likely N-dealkylation sites (tertiary alicyclic amines) is 1. The van der Waals surface area contributed by atoms with Gasteiger partial charge in [-0.1, -0.05) is 6.07 Å². The average Bonchev–Trinajstić information content (AvgIpc) is 3.37. The van der Waals surface area contributed by atoms with Crippen LogP contribution in [0.25, 0.3) is 9.88 Å². The van der Waals surface area contributed by atoms with Gasteiger partial charge in [0.2, 0.25) is 5.91 Å². The monoisotopic (exact) mass is 435 g/mol. The molecule has 2 aromatic heterocycles. The molecule has 0 saturated carbocycles. The highest BCUT2D eigenvalue weighted by molar-refractivity contribution is 7.22. The minimum absolute atomic E-state index is 0.0277. The van der Waals surface area contributed by atoms with Crippen LogP contribution in [-0.2, 0) is 14.3 Å². The summed E-state index contributed by atoms with van der Waals surface area (Å²) in [6.45, 7) is 4.84. The van der Waals surface area contributed by atoms with Crippen molar-refractivity contribution in [2.75, 3.05) is 33.3 Å². The normalized spacial score (nSPS) is 16.5. The van der Waals surface area contributed by atoms with Crippen molar-refractivity contribution in [2.45, 2.75) is 26.7 Å². The van der Waals surface area contributed by atoms with Crippen LogP contribution >= 0.6 is 22.7 Å². The van der Waals surface area contributed by atoms with Gasteiger partial charge in [-0.15, -0.1) is 22.7 Å². The first-order chi connectivity index (χ1) is 13.9. The third-order valence-corrected chi connectivity index (χ3v) is 7.02. The summed E-state index contributed by atoms with van der Waals surface area (Å²) in [5.41, 5.74) is 0.669. The second kappa shape index (κ2) is 9.49. The molecule has 1 unspecified atom stereocenters. The number of aryl methyl sites for hydroxylation is 1. The Kier molecular flexibility index (Phi) is 7.02. The first-order valence-corrected chi connectivity index (χ1v) is 11.3. The fraction of sp³-hybridized carbons (Fsp3) is 0.500. The number of thiazole rings is 1. The van der Waals surface area contributed by atoms with E-state index in [2.05, 4.69) is 4.98 Å². The molecule has 0 radical (unpaired) electrons. The summed E-state index contributed by atoms with van der Waals surface area (Å²) in [5, 5.41) is 2.79. The van der Waals surface area contributed by atoms with Crippen molar-refractivity contribution in [3.63, 3.8) is 0 Å². The van der Waals surface area contributed by atoms with Gasteiger partial charge < -0.3 is 14.5 Å².